The average Bonchev–Trinajstić information content (AvgIpc) is 2.86. The number of nitrogens with two attached hydrogens (primary N) is 1. The van der Waals surface area contributed by atoms with Crippen molar-refractivity contribution in [1.82, 2.24) is 9.55 Å². The second-order valence-corrected chi connectivity index (χ2v) is 5.29. The first kappa shape index (κ1) is 17.0. The molecule has 1 aliphatic heterocycles. The zero-order valence-corrected chi connectivity index (χ0v) is 13.0. The number of nitrogen functional groups attached to an aromatic ring is 1. The van der Waals surface area contributed by atoms with E-state index >= 15 is 0 Å². The predicted molar refractivity (Wildman–Crippen MR) is 82.2 cm³/mol. The molecule has 1 aromatic rings. The number of unbranched alkanes of at least 4 members (excludes halogenated alkanes) is 2. The molecule has 0 aliphatic carbocycles. The Morgan fingerprint density at radius 3 is 3.00 bits per heavy atom. The maximum absolute atomic E-state index is 11.8. The van der Waals surface area contributed by atoms with Gasteiger partial charge < -0.3 is 20.3 Å². The molecule has 3 N–H and O–H groups in total. The van der Waals surface area contributed by atoms with Gasteiger partial charge in [-0.3, -0.25) is 9.36 Å². The van der Waals surface area contributed by atoms with Crippen LogP contribution in [0, 0.1) is 0 Å². The first-order valence-corrected chi connectivity index (χ1v) is 7.57. The summed E-state index contributed by atoms with van der Waals surface area (Å²) in [6.07, 6.45) is 3.97. The van der Waals surface area contributed by atoms with Crippen molar-refractivity contribution in [2.75, 3.05) is 12.3 Å². The number of ether oxygens (including phenoxy) is 2. The van der Waals surface area contributed by atoms with E-state index in [0.29, 0.717) is 12.2 Å². The maximum Gasteiger partial charge on any atom is 0.352 e. The van der Waals surface area contributed by atoms with E-state index < -0.39 is 18.0 Å². The number of esters is 1. The molecule has 0 fully saturated rings. The lowest BCUT2D eigenvalue weighted by Crippen LogP contribution is -2.32. The fourth-order valence-electron chi connectivity index (χ4n) is 2.20. The van der Waals surface area contributed by atoms with Gasteiger partial charge >= 0.3 is 11.7 Å². The first-order valence-electron chi connectivity index (χ1n) is 7.57. The van der Waals surface area contributed by atoms with Gasteiger partial charge in [-0.1, -0.05) is 19.8 Å². The predicted octanol–water partition coefficient (Wildman–Crippen LogP) is 0.723. The van der Waals surface area contributed by atoms with Crippen LogP contribution in [-0.2, 0) is 14.3 Å². The second-order valence-electron chi connectivity index (χ2n) is 5.29. The second kappa shape index (κ2) is 7.77. The number of hydrogen-bond acceptors (Lipinski definition) is 7. The first-order chi connectivity index (χ1) is 11.0. The van der Waals surface area contributed by atoms with Crippen LogP contribution in [0.15, 0.2) is 28.9 Å². The summed E-state index contributed by atoms with van der Waals surface area (Å²) < 4.78 is 11.7. The average molecular weight is 323 g/mol. The Bertz CT molecular complexity index is 640. The fourth-order valence-corrected chi connectivity index (χ4v) is 2.20. The van der Waals surface area contributed by atoms with Crippen LogP contribution in [0.1, 0.15) is 38.8 Å². The molecular weight excluding hydrogens is 302 g/mol. The minimum atomic E-state index is -1.04. The van der Waals surface area contributed by atoms with Crippen LogP contribution < -0.4 is 11.4 Å². The number of anilines is 1. The molecule has 2 rings (SSSR count). The van der Waals surface area contributed by atoms with Crippen molar-refractivity contribution in [3.63, 3.8) is 0 Å². The van der Waals surface area contributed by atoms with Gasteiger partial charge in [0.05, 0.1) is 0 Å². The lowest BCUT2D eigenvalue weighted by atomic mass is 10.2. The van der Waals surface area contributed by atoms with Crippen LogP contribution in [0.4, 0.5) is 5.82 Å². The third-order valence-electron chi connectivity index (χ3n) is 3.41. The van der Waals surface area contributed by atoms with Crippen molar-refractivity contribution in [2.24, 2.45) is 0 Å². The summed E-state index contributed by atoms with van der Waals surface area (Å²) in [6, 6.07) is 1.43. The van der Waals surface area contributed by atoms with Gasteiger partial charge in [0.25, 0.3) is 0 Å². The summed E-state index contributed by atoms with van der Waals surface area (Å²) in [6.45, 7) is 1.98. The molecule has 0 saturated heterocycles. The van der Waals surface area contributed by atoms with Crippen LogP contribution in [-0.4, -0.2) is 33.3 Å². The molecule has 8 heteroatoms. The zero-order valence-electron chi connectivity index (χ0n) is 13.0. The molecule has 0 radical (unpaired) electrons. The highest BCUT2D eigenvalue weighted by Crippen LogP contribution is 2.25. The van der Waals surface area contributed by atoms with Crippen LogP contribution in [0.25, 0.3) is 0 Å². The quantitative estimate of drug-likeness (QED) is 0.561. The number of rotatable bonds is 7. The highest BCUT2D eigenvalue weighted by Gasteiger charge is 2.30. The summed E-state index contributed by atoms with van der Waals surface area (Å²) in [5.74, 6) is 0.0789. The number of carbonyl (C=O) groups is 1. The maximum atomic E-state index is 11.8. The van der Waals surface area contributed by atoms with Gasteiger partial charge in [0.15, 0.2) is 0 Å². The third kappa shape index (κ3) is 4.56. The summed E-state index contributed by atoms with van der Waals surface area (Å²) in [5.41, 5.74) is 4.80. The van der Waals surface area contributed by atoms with E-state index in [4.69, 9.17) is 15.2 Å². The zero-order chi connectivity index (χ0) is 16.8. The van der Waals surface area contributed by atoms with Crippen molar-refractivity contribution in [3.05, 3.63) is 34.6 Å². The van der Waals surface area contributed by atoms with Crippen molar-refractivity contribution in [3.8, 4) is 0 Å². The Hall–Kier alpha value is -2.35. The van der Waals surface area contributed by atoms with E-state index in [1.807, 2.05) is 0 Å². The molecule has 2 heterocycles. The van der Waals surface area contributed by atoms with Crippen molar-refractivity contribution in [1.29, 1.82) is 0 Å². The van der Waals surface area contributed by atoms with Crippen LogP contribution in [0.3, 0.4) is 0 Å². The van der Waals surface area contributed by atoms with Crippen LogP contribution >= 0.6 is 0 Å². The largest absolute Gasteiger partial charge is 0.468 e. The molecule has 0 spiro atoms. The lowest BCUT2D eigenvalue weighted by molar-refractivity contribution is -0.144. The summed E-state index contributed by atoms with van der Waals surface area (Å²) >= 11 is 0. The van der Waals surface area contributed by atoms with Crippen molar-refractivity contribution in [2.45, 2.75) is 44.9 Å². The molecule has 0 amide bonds. The molecule has 126 valence electrons. The number of aliphatic hydroxyl groups excluding tert-OH is 1. The van der Waals surface area contributed by atoms with E-state index in [9.17, 15) is 14.7 Å². The number of aromatic nitrogens is 2. The summed E-state index contributed by atoms with van der Waals surface area (Å²) in [5, 5.41) is 9.98. The lowest BCUT2D eigenvalue weighted by Gasteiger charge is -2.18. The molecule has 8 nitrogen and oxygen atoms in total. The molecule has 1 aliphatic rings. The van der Waals surface area contributed by atoms with E-state index in [2.05, 4.69) is 11.9 Å². The number of nitrogens with zero attached hydrogens (tertiary/aromatic N) is 2. The van der Waals surface area contributed by atoms with Crippen molar-refractivity contribution < 1.29 is 19.4 Å². The van der Waals surface area contributed by atoms with Gasteiger partial charge in [-0.05, 0) is 18.6 Å². The Kier molecular flexibility index (Phi) is 5.75. The molecule has 0 bridgehead atoms. The molecule has 0 saturated carbocycles. The number of aliphatic hydroxyl groups is 1. The van der Waals surface area contributed by atoms with E-state index in [1.165, 1.54) is 18.3 Å². The Balaban J connectivity index is 1.89. The minimum Gasteiger partial charge on any atom is -0.468 e. The number of hydrogen-bond donors (Lipinski definition) is 2. The Morgan fingerprint density at radius 2 is 2.30 bits per heavy atom. The summed E-state index contributed by atoms with van der Waals surface area (Å²) in [4.78, 5) is 26.9. The molecule has 23 heavy (non-hydrogen) atoms. The fraction of sp³-hybridized carbons (Fsp3) is 0.533. The Labute approximate surface area is 133 Å². The Morgan fingerprint density at radius 1 is 1.52 bits per heavy atom. The summed E-state index contributed by atoms with van der Waals surface area (Å²) in [7, 11) is 0. The van der Waals surface area contributed by atoms with Crippen LogP contribution in [0.5, 0.6) is 0 Å². The van der Waals surface area contributed by atoms with E-state index in [1.54, 1.807) is 0 Å². The monoisotopic (exact) mass is 323 g/mol. The molecular formula is C15H21N3O5. The normalized spacial score (nSPS) is 20.0. The SMILES string of the molecule is CCCCCC(=O)OCC1=C[C@@H](O)[C@H](n2ccc(N)nc2=O)O1. The third-order valence-corrected chi connectivity index (χ3v) is 3.41. The topological polar surface area (TPSA) is 117 Å². The van der Waals surface area contributed by atoms with Gasteiger partial charge in [-0.15, -0.1) is 0 Å². The standard InChI is InChI=1S/C15H21N3O5/c1-2-3-4-5-13(20)22-9-10-8-11(19)14(23-10)18-7-6-12(16)17-15(18)21/h6-8,11,14,19H,2-5,9H2,1H3,(H2,16,17,21)/t11-,14-/m1/s1. The van der Waals surface area contributed by atoms with Gasteiger partial charge in [0.2, 0.25) is 6.23 Å². The van der Waals surface area contributed by atoms with Gasteiger partial charge in [-0.2, -0.15) is 4.98 Å². The molecule has 0 unspecified atom stereocenters. The van der Waals surface area contributed by atoms with E-state index in [-0.39, 0.29) is 18.4 Å². The van der Waals surface area contributed by atoms with Crippen LogP contribution in [0.2, 0.25) is 0 Å². The highest BCUT2D eigenvalue weighted by atomic mass is 16.6. The van der Waals surface area contributed by atoms with Gasteiger partial charge in [0, 0.05) is 12.6 Å². The smallest absolute Gasteiger partial charge is 0.352 e. The molecule has 0 aromatic carbocycles. The van der Waals surface area contributed by atoms with Gasteiger partial charge in [-0.25, -0.2) is 4.79 Å². The van der Waals surface area contributed by atoms with E-state index in [0.717, 1.165) is 23.8 Å². The molecule has 2 atom stereocenters. The highest BCUT2D eigenvalue weighted by molar-refractivity contribution is 5.69. The molecule has 1 aromatic heterocycles. The minimum absolute atomic E-state index is 0.0737. The van der Waals surface area contributed by atoms with Gasteiger partial charge in [0.1, 0.15) is 24.3 Å². The number of carbonyl (C=O) groups excluding carboxylic acids is 1. The van der Waals surface area contributed by atoms with Crippen molar-refractivity contribution >= 4 is 11.8 Å².